The van der Waals surface area contributed by atoms with Crippen molar-refractivity contribution in [2.45, 2.75) is 33.2 Å². The number of carbonyl (C=O) groups excluding carboxylic acids is 1. The summed E-state index contributed by atoms with van der Waals surface area (Å²) in [6.45, 7) is 6.03. The molecule has 18 heavy (non-hydrogen) atoms. The fraction of sp³-hybridized carbons (Fsp3) is 0.500. The molecule has 100 valence electrons. The molecule has 0 aliphatic rings. The van der Waals surface area contributed by atoms with Crippen LogP contribution in [0.15, 0.2) is 18.2 Å². The van der Waals surface area contributed by atoms with Gasteiger partial charge in [0, 0.05) is 5.69 Å². The smallest absolute Gasteiger partial charge is 0.241 e. The second-order valence-corrected chi connectivity index (χ2v) is 4.91. The number of nitrogens with one attached hydrogen (secondary N) is 1. The Bertz CT molecular complexity index is 416. The minimum absolute atomic E-state index is 0.145. The number of ether oxygens (including phenoxy) is 1. The number of aryl methyl sites for hydroxylation is 1. The predicted molar refractivity (Wildman–Crippen MR) is 73.8 cm³/mol. The van der Waals surface area contributed by atoms with Crippen molar-refractivity contribution in [2.75, 3.05) is 12.4 Å². The second-order valence-electron chi connectivity index (χ2n) is 4.91. The maximum Gasteiger partial charge on any atom is 0.241 e. The fourth-order valence-corrected chi connectivity index (χ4v) is 1.81. The highest BCUT2D eigenvalue weighted by Gasteiger charge is 2.15. The fourth-order valence-electron chi connectivity index (χ4n) is 1.81. The minimum atomic E-state index is -0.465. The molecule has 0 saturated heterocycles. The topological polar surface area (TPSA) is 64.3 Å². The molecule has 0 spiro atoms. The number of anilines is 1. The van der Waals surface area contributed by atoms with Crippen LogP contribution in [0.1, 0.15) is 25.8 Å². The van der Waals surface area contributed by atoms with Gasteiger partial charge in [-0.3, -0.25) is 4.79 Å². The Morgan fingerprint density at radius 2 is 2.11 bits per heavy atom. The van der Waals surface area contributed by atoms with Crippen molar-refractivity contribution in [3.8, 4) is 5.75 Å². The maximum absolute atomic E-state index is 11.8. The number of rotatable bonds is 5. The molecule has 0 bridgehead atoms. The molecular formula is C14H22N2O2. The SMILES string of the molecule is COc1ccc(NC(=O)[C@@H](N)CC(C)C)cc1C. The predicted octanol–water partition coefficient (Wildman–Crippen LogP) is 2.32. The summed E-state index contributed by atoms with van der Waals surface area (Å²) in [6.07, 6.45) is 0.682. The molecule has 0 saturated carbocycles. The molecule has 0 aliphatic carbocycles. The lowest BCUT2D eigenvalue weighted by Crippen LogP contribution is -2.36. The Kier molecular flexibility index (Phi) is 5.16. The van der Waals surface area contributed by atoms with E-state index in [0.29, 0.717) is 12.3 Å². The lowest BCUT2D eigenvalue weighted by atomic mass is 10.0. The molecule has 0 radical (unpaired) electrons. The van der Waals surface area contributed by atoms with Gasteiger partial charge in [0.2, 0.25) is 5.91 Å². The van der Waals surface area contributed by atoms with Crippen LogP contribution in [0.25, 0.3) is 0 Å². The number of hydrogen-bond donors (Lipinski definition) is 2. The number of amides is 1. The molecule has 3 N–H and O–H groups in total. The van der Waals surface area contributed by atoms with Crippen molar-refractivity contribution in [2.24, 2.45) is 11.7 Å². The molecule has 1 atom stereocenters. The van der Waals surface area contributed by atoms with Crippen LogP contribution in [0.3, 0.4) is 0 Å². The highest BCUT2D eigenvalue weighted by molar-refractivity contribution is 5.94. The van der Waals surface area contributed by atoms with Gasteiger partial charge >= 0.3 is 0 Å². The van der Waals surface area contributed by atoms with Gasteiger partial charge in [-0.05, 0) is 43.0 Å². The molecule has 4 nitrogen and oxygen atoms in total. The normalized spacial score (nSPS) is 12.3. The van der Waals surface area contributed by atoms with E-state index in [1.807, 2.05) is 39.0 Å². The minimum Gasteiger partial charge on any atom is -0.496 e. The van der Waals surface area contributed by atoms with Crippen LogP contribution in [-0.2, 0) is 4.79 Å². The van der Waals surface area contributed by atoms with Crippen molar-refractivity contribution in [1.82, 2.24) is 0 Å². The van der Waals surface area contributed by atoms with Crippen LogP contribution in [0, 0.1) is 12.8 Å². The highest BCUT2D eigenvalue weighted by atomic mass is 16.5. The first kappa shape index (κ1) is 14.5. The molecule has 0 aliphatic heterocycles. The Morgan fingerprint density at radius 3 is 2.61 bits per heavy atom. The van der Waals surface area contributed by atoms with Crippen LogP contribution in [0.5, 0.6) is 5.75 Å². The summed E-state index contributed by atoms with van der Waals surface area (Å²) < 4.78 is 5.17. The molecule has 0 heterocycles. The average Bonchev–Trinajstić information content (AvgIpc) is 2.28. The van der Waals surface area contributed by atoms with Gasteiger partial charge in [-0.25, -0.2) is 0 Å². The van der Waals surface area contributed by atoms with E-state index in [2.05, 4.69) is 5.32 Å². The zero-order valence-corrected chi connectivity index (χ0v) is 11.5. The summed E-state index contributed by atoms with van der Waals surface area (Å²) >= 11 is 0. The van der Waals surface area contributed by atoms with Crippen LogP contribution < -0.4 is 15.8 Å². The molecule has 0 aromatic heterocycles. The molecule has 1 amide bonds. The van der Waals surface area contributed by atoms with Gasteiger partial charge in [-0.15, -0.1) is 0 Å². The Labute approximate surface area is 109 Å². The van der Waals surface area contributed by atoms with Gasteiger partial charge in [-0.1, -0.05) is 13.8 Å². The molecular weight excluding hydrogens is 228 g/mol. The summed E-state index contributed by atoms with van der Waals surface area (Å²) in [6, 6.07) is 5.05. The van der Waals surface area contributed by atoms with Crippen molar-refractivity contribution in [3.63, 3.8) is 0 Å². The quantitative estimate of drug-likeness (QED) is 0.843. The molecule has 1 aromatic carbocycles. The Hall–Kier alpha value is -1.55. The standard InChI is InChI=1S/C14H22N2O2/c1-9(2)7-12(15)14(17)16-11-5-6-13(18-4)10(3)8-11/h5-6,8-9,12H,7,15H2,1-4H3,(H,16,17)/t12-/m0/s1. The zero-order valence-electron chi connectivity index (χ0n) is 11.5. The maximum atomic E-state index is 11.8. The lowest BCUT2D eigenvalue weighted by molar-refractivity contribution is -0.117. The van der Waals surface area contributed by atoms with E-state index in [1.54, 1.807) is 7.11 Å². The first-order valence-corrected chi connectivity index (χ1v) is 6.15. The number of nitrogens with two attached hydrogens (primary N) is 1. The van der Waals surface area contributed by atoms with E-state index < -0.39 is 6.04 Å². The summed E-state index contributed by atoms with van der Waals surface area (Å²) in [5.74, 6) is 1.07. The molecule has 0 fully saturated rings. The first-order chi connectivity index (χ1) is 8.43. The Balaban J connectivity index is 2.67. The van der Waals surface area contributed by atoms with Crippen LogP contribution >= 0.6 is 0 Å². The van der Waals surface area contributed by atoms with Crippen molar-refractivity contribution in [1.29, 1.82) is 0 Å². The summed E-state index contributed by atoms with van der Waals surface area (Å²) in [5, 5.41) is 2.82. The third kappa shape index (κ3) is 4.04. The van der Waals surface area contributed by atoms with Gasteiger partial charge < -0.3 is 15.8 Å². The molecule has 0 unspecified atom stereocenters. The second kappa shape index (κ2) is 6.40. The van der Waals surface area contributed by atoms with Gasteiger partial charge in [0.05, 0.1) is 13.2 Å². The molecule has 1 aromatic rings. The van der Waals surface area contributed by atoms with E-state index in [-0.39, 0.29) is 5.91 Å². The van der Waals surface area contributed by atoms with Crippen LogP contribution in [-0.4, -0.2) is 19.1 Å². The van der Waals surface area contributed by atoms with E-state index in [4.69, 9.17) is 10.5 Å². The first-order valence-electron chi connectivity index (χ1n) is 6.15. The lowest BCUT2D eigenvalue weighted by Gasteiger charge is -2.15. The Morgan fingerprint density at radius 1 is 1.44 bits per heavy atom. The summed E-state index contributed by atoms with van der Waals surface area (Å²) in [7, 11) is 1.62. The van der Waals surface area contributed by atoms with Crippen LogP contribution in [0.4, 0.5) is 5.69 Å². The average molecular weight is 250 g/mol. The third-order valence-corrected chi connectivity index (χ3v) is 2.72. The number of carbonyl (C=O) groups is 1. The zero-order chi connectivity index (χ0) is 13.7. The van der Waals surface area contributed by atoms with Crippen molar-refractivity contribution in [3.05, 3.63) is 23.8 Å². The number of benzene rings is 1. The molecule has 4 heteroatoms. The number of hydrogen-bond acceptors (Lipinski definition) is 3. The van der Waals surface area contributed by atoms with E-state index in [0.717, 1.165) is 17.0 Å². The van der Waals surface area contributed by atoms with E-state index in [1.165, 1.54) is 0 Å². The van der Waals surface area contributed by atoms with Crippen molar-refractivity contribution >= 4 is 11.6 Å². The van der Waals surface area contributed by atoms with Gasteiger partial charge in [-0.2, -0.15) is 0 Å². The number of methoxy groups -OCH3 is 1. The highest BCUT2D eigenvalue weighted by Crippen LogP contribution is 2.21. The summed E-state index contributed by atoms with van der Waals surface area (Å²) in [4.78, 5) is 11.8. The van der Waals surface area contributed by atoms with Gasteiger partial charge in [0.15, 0.2) is 0 Å². The third-order valence-electron chi connectivity index (χ3n) is 2.72. The molecule has 1 rings (SSSR count). The van der Waals surface area contributed by atoms with E-state index in [9.17, 15) is 4.79 Å². The van der Waals surface area contributed by atoms with Crippen molar-refractivity contribution < 1.29 is 9.53 Å². The van der Waals surface area contributed by atoms with Gasteiger partial charge in [0.1, 0.15) is 5.75 Å². The monoisotopic (exact) mass is 250 g/mol. The van der Waals surface area contributed by atoms with Crippen LogP contribution in [0.2, 0.25) is 0 Å². The largest absolute Gasteiger partial charge is 0.496 e. The van der Waals surface area contributed by atoms with Gasteiger partial charge in [0.25, 0.3) is 0 Å². The summed E-state index contributed by atoms with van der Waals surface area (Å²) in [5.41, 5.74) is 7.55. The van der Waals surface area contributed by atoms with E-state index >= 15 is 0 Å².